The zero-order chi connectivity index (χ0) is 16.4. The van der Waals surface area contributed by atoms with E-state index < -0.39 is 10.9 Å². The molecule has 0 aliphatic heterocycles. The van der Waals surface area contributed by atoms with Crippen LogP contribution in [0.25, 0.3) is 0 Å². The average molecular weight is 309 g/mol. The van der Waals surface area contributed by atoms with E-state index in [1.165, 1.54) is 0 Å². The number of hydrogen-bond donors (Lipinski definition) is 3. The summed E-state index contributed by atoms with van der Waals surface area (Å²) in [6, 6.07) is 9.92. The summed E-state index contributed by atoms with van der Waals surface area (Å²) in [6.45, 7) is 1.85. The van der Waals surface area contributed by atoms with Gasteiger partial charge >= 0.3 is 0 Å². The molecule has 0 aliphatic rings. The summed E-state index contributed by atoms with van der Waals surface area (Å²) < 4.78 is 0. The molecule has 116 valence electrons. The van der Waals surface area contributed by atoms with E-state index in [1.54, 1.807) is 42.7 Å². The topological polar surface area (TPSA) is 91.3 Å². The Balaban J connectivity index is 1.83. The Morgan fingerprint density at radius 3 is 2.43 bits per heavy atom. The van der Waals surface area contributed by atoms with Gasteiger partial charge < -0.3 is 15.7 Å². The summed E-state index contributed by atoms with van der Waals surface area (Å²) in [5.41, 5.74) is 0.893. The largest absolute Gasteiger partial charge is 0.508 e. The average Bonchev–Trinajstić information content (AvgIpc) is 2.58. The maximum atomic E-state index is 11.8. The van der Waals surface area contributed by atoms with Crippen LogP contribution in [0.2, 0.25) is 0 Å². The number of nitrogens with one attached hydrogen (secondary N) is 2. The second-order valence-corrected chi connectivity index (χ2v) is 5.23. The molecular weight excluding hydrogens is 294 g/mol. The molecule has 23 heavy (non-hydrogen) atoms. The summed E-state index contributed by atoms with van der Waals surface area (Å²) in [5.74, 6) is 0.149. The molecule has 1 atom stereocenters. The molecule has 3 aromatic rings. The highest BCUT2D eigenvalue weighted by atomic mass is 16.3. The zero-order valence-electron chi connectivity index (χ0n) is 12.4. The number of phenolic OH excluding ortho intramolecular Hbond substituents is 1. The molecule has 0 amide bonds. The summed E-state index contributed by atoms with van der Waals surface area (Å²) in [5, 5.41) is 15.5. The summed E-state index contributed by atoms with van der Waals surface area (Å²) in [7, 11) is 0. The quantitative estimate of drug-likeness (QED) is 0.626. The van der Waals surface area contributed by atoms with Gasteiger partial charge in [0.1, 0.15) is 17.1 Å². The van der Waals surface area contributed by atoms with E-state index in [4.69, 9.17) is 0 Å². The minimum absolute atomic E-state index is 0.149. The Morgan fingerprint density at radius 1 is 1.04 bits per heavy atom. The van der Waals surface area contributed by atoms with E-state index in [1.807, 2.05) is 13.0 Å². The van der Waals surface area contributed by atoms with Gasteiger partial charge in [0.05, 0.1) is 0 Å². The maximum absolute atomic E-state index is 11.8. The van der Waals surface area contributed by atoms with Crippen molar-refractivity contribution in [1.29, 1.82) is 0 Å². The molecule has 0 saturated carbocycles. The van der Waals surface area contributed by atoms with Crippen LogP contribution in [0.5, 0.6) is 5.75 Å². The SMILES string of the molecule is CC(Nc1c(Nc2ccncc2)c(=O)c1=O)c1cccc(O)c1. The Morgan fingerprint density at radius 2 is 1.74 bits per heavy atom. The van der Waals surface area contributed by atoms with Crippen molar-refractivity contribution in [2.24, 2.45) is 0 Å². The van der Waals surface area contributed by atoms with Crippen molar-refractivity contribution in [3.05, 3.63) is 74.8 Å². The number of phenols is 1. The van der Waals surface area contributed by atoms with E-state index in [9.17, 15) is 14.7 Å². The summed E-state index contributed by atoms with van der Waals surface area (Å²) in [4.78, 5) is 27.5. The number of aromatic nitrogens is 1. The second-order valence-electron chi connectivity index (χ2n) is 5.23. The zero-order valence-corrected chi connectivity index (χ0v) is 12.4. The van der Waals surface area contributed by atoms with Gasteiger partial charge in [0.2, 0.25) is 0 Å². The van der Waals surface area contributed by atoms with Gasteiger partial charge in [-0.15, -0.1) is 0 Å². The lowest BCUT2D eigenvalue weighted by Crippen LogP contribution is -2.37. The minimum Gasteiger partial charge on any atom is -0.508 e. The van der Waals surface area contributed by atoms with Crippen molar-refractivity contribution in [2.75, 3.05) is 10.6 Å². The molecule has 6 nitrogen and oxygen atoms in total. The Kier molecular flexibility index (Phi) is 3.80. The maximum Gasteiger partial charge on any atom is 0.253 e. The third kappa shape index (κ3) is 2.91. The summed E-state index contributed by atoms with van der Waals surface area (Å²) >= 11 is 0. The first-order valence-electron chi connectivity index (χ1n) is 7.12. The first kappa shape index (κ1) is 14.8. The first-order valence-corrected chi connectivity index (χ1v) is 7.12. The first-order chi connectivity index (χ1) is 11.1. The number of aromatic hydroxyl groups is 1. The van der Waals surface area contributed by atoms with Gasteiger partial charge in [-0.2, -0.15) is 0 Å². The van der Waals surface area contributed by atoms with Crippen LogP contribution in [0.15, 0.2) is 58.4 Å². The highest BCUT2D eigenvalue weighted by Gasteiger charge is 2.22. The molecule has 0 fully saturated rings. The Labute approximate surface area is 132 Å². The van der Waals surface area contributed by atoms with Gasteiger partial charge in [-0.25, -0.2) is 0 Å². The Hall–Kier alpha value is -3.15. The molecule has 6 heteroatoms. The lowest BCUT2D eigenvalue weighted by Gasteiger charge is -2.20. The fourth-order valence-electron chi connectivity index (χ4n) is 2.32. The highest BCUT2D eigenvalue weighted by molar-refractivity contribution is 5.78. The number of hydrogen-bond acceptors (Lipinski definition) is 6. The van der Waals surface area contributed by atoms with E-state index >= 15 is 0 Å². The van der Waals surface area contributed by atoms with Gasteiger partial charge in [0.25, 0.3) is 10.9 Å². The molecular formula is C17H15N3O3. The molecule has 0 radical (unpaired) electrons. The van der Waals surface area contributed by atoms with Crippen molar-refractivity contribution in [1.82, 2.24) is 4.98 Å². The molecule has 3 rings (SSSR count). The third-order valence-electron chi connectivity index (χ3n) is 3.59. The number of nitrogens with zero attached hydrogens (tertiary/aromatic N) is 1. The van der Waals surface area contributed by atoms with Gasteiger partial charge in [-0.1, -0.05) is 12.1 Å². The monoisotopic (exact) mass is 309 g/mol. The molecule has 0 bridgehead atoms. The van der Waals surface area contributed by atoms with Crippen molar-refractivity contribution in [2.45, 2.75) is 13.0 Å². The van der Waals surface area contributed by atoms with Gasteiger partial charge in [-0.05, 0) is 36.8 Å². The predicted octanol–water partition coefficient (Wildman–Crippen LogP) is 2.30. The Bertz CT molecular complexity index is 899. The van der Waals surface area contributed by atoms with Gasteiger partial charge in [0.15, 0.2) is 0 Å². The van der Waals surface area contributed by atoms with Gasteiger partial charge in [0, 0.05) is 24.1 Å². The van der Waals surface area contributed by atoms with Crippen LogP contribution in [0, 0.1) is 0 Å². The number of pyridine rings is 1. The molecule has 0 saturated heterocycles. The predicted molar refractivity (Wildman–Crippen MR) is 89.0 cm³/mol. The van der Waals surface area contributed by atoms with Crippen LogP contribution in [0.1, 0.15) is 18.5 Å². The molecule has 0 spiro atoms. The number of anilines is 3. The molecule has 2 aromatic carbocycles. The van der Waals surface area contributed by atoms with Crippen molar-refractivity contribution >= 4 is 17.1 Å². The van der Waals surface area contributed by atoms with Crippen molar-refractivity contribution < 1.29 is 5.11 Å². The van der Waals surface area contributed by atoms with E-state index in [0.717, 1.165) is 5.56 Å². The van der Waals surface area contributed by atoms with Crippen LogP contribution < -0.4 is 21.5 Å². The van der Waals surface area contributed by atoms with Crippen LogP contribution in [0.3, 0.4) is 0 Å². The van der Waals surface area contributed by atoms with Crippen LogP contribution in [0.4, 0.5) is 17.1 Å². The van der Waals surface area contributed by atoms with Gasteiger partial charge in [-0.3, -0.25) is 14.6 Å². The third-order valence-corrected chi connectivity index (χ3v) is 3.59. The lowest BCUT2D eigenvalue weighted by molar-refractivity contribution is 0.474. The number of benzene rings is 1. The molecule has 1 heterocycles. The fraction of sp³-hybridized carbons (Fsp3) is 0.118. The van der Waals surface area contributed by atoms with E-state index in [-0.39, 0.29) is 23.2 Å². The second kappa shape index (κ2) is 5.92. The van der Waals surface area contributed by atoms with E-state index in [2.05, 4.69) is 15.6 Å². The number of rotatable bonds is 5. The van der Waals surface area contributed by atoms with Crippen molar-refractivity contribution in [3.8, 4) is 5.75 Å². The molecule has 0 aliphatic carbocycles. The minimum atomic E-state index is -0.549. The fourth-order valence-corrected chi connectivity index (χ4v) is 2.32. The van der Waals surface area contributed by atoms with E-state index in [0.29, 0.717) is 5.69 Å². The normalized spacial score (nSPS) is 12.0. The smallest absolute Gasteiger partial charge is 0.253 e. The standard InChI is InChI=1S/C17H15N3O3/c1-10(11-3-2-4-13(21)9-11)19-14-15(17(23)16(14)22)20-12-5-7-18-8-6-12/h2-10,19,21H,1H3,(H,18,20). The molecule has 1 aromatic heterocycles. The van der Waals surface area contributed by atoms with Crippen LogP contribution >= 0.6 is 0 Å². The lowest BCUT2D eigenvalue weighted by atomic mass is 10.1. The highest BCUT2D eigenvalue weighted by Crippen LogP contribution is 2.26. The van der Waals surface area contributed by atoms with Crippen LogP contribution in [-0.2, 0) is 0 Å². The molecule has 3 N–H and O–H groups in total. The molecule has 1 unspecified atom stereocenters. The van der Waals surface area contributed by atoms with Crippen molar-refractivity contribution in [3.63, 3.8) is 0 Å². The van der Waals surface area contributed by atoms with Crippen LogP contribution in [-0.4, -0.2) is 10.1 Å². The summed E-state index contributed by atoms with van der Waals surface area (Å²) in [6.07, 6.45) is 3.19.